The van der Waals surface area contributed by atoms with Gasteiger partial charge in [0.2, 0.25) is 5.91 Å². The summed E-state index contributed by atoms with van der Waals surface area (Å²) < 4.78 is 0. The Balaban J connectivity index is 0.000000203. The number of carbonyl (C=O) groups is 3. The molecule has 0 atom stereocenters. The molecular formula is C42H41N5O3. The van der Waals surface area contributed by atoms with E-state index in [1.165, 1.54) is 18.4 Å². The van der Waals surface area contributed by atoms with Gasteiger partial charge in [-0.1, -0.05) is 84.9 Å². The minimum Gasteiger partial charge on any atom is -0.358 e. The van der Waals surface area contributed by atoms with Crippen LogP contribution in [0.2, 0.25) is 0 Å². The van der Waals surface area contributed by atoms with Gasteiger partial charge in [0.15, 0.2) is 0 Å². The molecule has 8 nitrogen and oxygen atoms in total. The van der Waals surface area contributed by atoms with Gasteiger partial charge in [-0.25, -0.2) is 0 Å². The van der Waals surface area contributed by atoms with E-state index in [1.807, 2.05) is 86.7 Å². The molecule has 252 valence electrons. The molecule has 8 heteroatoms. The summed E-state index contributed by atoms with van der Waals surface area (Å²) in [6.07, 6.45) is 4.84. The predicted octanol–water partition coefficient (Wildman–Crippen LogP) is 7.47. The van der Waals surface area contributed by atoms with Crippen LogP contribution < -0.4 is 16.0 Å². The van der Waals surface area contributed by atoms with Gasteiger partial charge in [0, 0.05) is 41.4 Å². The number of hydrogen-bond acceptors (Lipinski definition) is 4. The highest BCUT2D eigenvalue weighted by atomic mass is 16.2. The van der Waals surface area contributed by atoms with E-state index in [1.54, 1.807) is 0 Å². The fourth-order valence-electron chi connectivity index (χ4n) is 7.00. The molecule has 8 rings (SSSR count). The number of aromatic nitrogens is 1. The number of rotatable bonds is 7. The zero-order valence-electron chi connectivity index (χ0n) is 28.4. The van der Waals surface area contributed by atoms with Crippen LogP contribution in [0, 0.1) is 13.8 Å². The van der Waals surface area contributed by atoms with Crippen molar-refractivity contribution in [2.24, 2.45) is 0 Å². The van der Waals surface area contributed by atoms with Gasteiger partial charge in [0.25, 0.3) is 11.8 Å². The Morgan fingerprint density at radius 1 is 0.780 bits per heavy atom. The van der Waals surface area contributed by atoms with Gasteiger partial charge >= 0.3 is 0 Å². The summed E-state index contributed by atoms with van der Waals surface area (Å²) in [5.74, 6) is -0.123. The fraction of sp³-hybridized carbons (Fsp3) is 0.214. The van der Waals surface area contributed by atoms with E-state index in [4.69, 9.17) is 0 Å². The second kappa shape index (κ2) is 14.4. The first-order valence-corrected chi connectivity index (χ1v) is 17.2. The van der Waals surface area contributed by atoms with Crippen molar-refractivity contribution in [1.29, 1.82) is 0 Å². The number of aromatic amines is 1. The first kappa shape index (κ1) is 32.8. The molecule has 3 aliphatic heterocycles. The number of benzene rings is 4. The number of anilines is 2. The van der Waals surface area contributed by atoms with Crippen LogP contribution in [0.25, 0.3) is 33.9 Å². The average Bonchev–Trinajstić information content (AvgIpc) is 3.91. The molecule has 0 unspecified atom stereocenters. The minimum absolute atomic E-state index is 0.0705. The third kappa shape index (κ3) is 7.02. The highest BCUT2D eigenvalue weighted by Gasteiger charge is 2.26. The number of H-pyrrole nitrogens is 1. The molecule has 0 bridgehead atoms. The van der Waals surface area contributed by atoms with Gasteiger partial charge in [-0.15, -0.1) is 0 Å². The maximum Gasteiger partial charge on any atom is 0.256 e. The molecule has 3 amide bonds. The lowest BCUT2D eigenvalue weighted by atomic mass is 9.99. The van der Waals surface area contributed by atoms with E-state index < -0.39 is 0 Å². The number of fused-ring (bicyclic) bond motifs is 2. The van der Waals surface area contributed by atoms with Crippen molar-refractivity contribution >= 4 is 40.7 Å². The number of carbonyl (C=O) groups excluding carboxylic acids is 3. The summed E-state index contributed by atoms with van der Waals surface area (Å²) in [4.78, 5) is 42.6. The summed E-state index contributed by atoms with van der Waals surface area (Å²) >= 11 is 0. The largest absolute Gasteiger partial charge is 0.358 e. The van der Waals surface area contributed by atoms with Gasteiger partial charge in [-0.05, 0) is 91.4 Å². The Morgan fingerprint density at radius 2 is 1.42 bits per heavy atom. The zero-order valence-corrected chi connectivity index (χ0v) is 28.4. The molecule has 3 aliphatic rings. The predicted molar refractivity (Wildman–Crippen MR) is 201 cm³/mol. The molecule has 1 saturated heterocycles. The Labute approximate surface area is 292 Å². The van der Waals surface area contributed by atoms with Crippen molar-refractivity contribution < 1.29 is 14.4 Å². The zero-order chi connectivity index (χ0) is 34.6. The number of nitrogens with zero attached hydrogens (tertiary/aromatic N) is 1. The molecule has 4 aromatic carbocycles. The van der Waals surface area contributed by atoms with Crippen LogP contribution in [0.5, 0.6) is 0 Å². The molecule has 50 heavy (non-hydrogen) atoms. The highest BCUT2D eigenvalue weighted by molar-refractivity contribution is 6.35. The molecule has 4 N–H and O–H groups in total. The molecule has 1 aromatic heterocycles. The first-order valence-electron chi connectivity index (χ1n) is 17.2. The van der Waals surface area contributed by atoms with Crippen molar-refractivity contribution in [2.75, 3.05) is 36.8 Å². The number of nitrogens with one attached hydrogen (secondary N) is 4. The normalized spacial score (nSPS) is 15.6. The van der Waals surface area contributed by atoms with Crippen molar-refractivity contribution in [3.8, 4) is 22.3 Å². The third-order valence-corrected chi connectivity index (χ3v) is 9.66. The van der Waals surface area contributed by atoms with Crippen LogP contribution in [0.1, 0.15) is 51.3 Å². The summed E-state index contributed by atoms with van der Waals surface area (Å²) in [6.45, 7) is 7.58. The van der Waals surface area contributed by atoms with Crippen LogP contribution in [-0.2, 0) is 16.0 Å². The smallest absolute Gasteiger partial charge is 0.256 e. The Morgan fingerprint density at radius 3 is 2.10 bits per heavy atom. The van der Waals surface area contributed by atoms with Gasteiger partial charge < -0.3 is 25.8 Å². The van der Waals surface area contributed by atoms with Gasteiger partial charge in [-0.2, -0.15) is 0 Å². The molecule has 1 fully saturated rings. The Hall–Kier alpha value is -5.73. The van der Waals surface area contributed by atoms with E-state index in [9.17, 15) is 14.4 Å². The standard InChI is InChI=1S/C28H30N4O2.C14H11NO/c1-18-24(30-19(2)26(18)28(34)29-12-15-32-13-6-7-14-32)17-23-22-11-10-21(16-25(22)31-27(23)33)20-8-4-3-5-9-20;16-14-9-12-7-6-11(8-13(12)15-14)10-4-2-1-3-5-10/h3-5,8-11,16-17,30H,6-7,12-15H2,1-2H3,(H,29,34)(H,31,33);1-8H,9H2,(H,15,16). The van der Waals surface area contributed by atoms with E-state index >= 15 is 0 Å². The Kier molecular flexibility index (Phi) is 9.45. The quantitative estimate of drug-likeness (QED) is 0.136. The van der Waals surface area contributed by atoms with E-state index in [2.05, 4.69) is 56.2 Å². The van der Waals surface area contributed by atoms with E-state index in [-0.39, 0.29) is 17.7 Å². The van der Waals surface area contributed by atoms with Crippen LogP contribution in [0.15, 0.2) is 97.1 Å². The van der Waals surface area contributed by atoms with Crippen LogP contribution in [-0.4, -0.2) is 53.8 Å². The molecule has 4 heterocycles. The van der Waals surface area contributed by atoms with Crippen LogP contribution in [0.4, 0.5) is 11.4 Å². The number of likely N-dealkylation sites (tertiary alicyclic amines) is 1. The number of amides is 3. The SMILES string of the molecule is Cc1[nH]c(C=C2C(=O)Nc3cc(-c4ccccc4)ccc32)c(C)c1C(=O)NCCN1CCCC1.O=C1Cc2ccc(-c3ccccc3)cc2N1. The molecule has 0 spiro atoms. The average molecular weight is 664 g/mol. The van der Waals surface area contributed by atoms with Crippen LogP contribution >= 0.6 is 0 Å². The number of hydrogen-bond donors (Lipinski definition) is 4. The second-order valence-corrected chi connectivity index (χ2v) is 13.1. The molecular weight excluding hydrogens is 622 g/mol. The molecule has 0 aliphatic carbocycles. The lowest BCUT2D eigenvalue weighted by Gasteiger charge is -2.14. The summed E-state index contributed by atoms with van der Waals surface area (Å²) in [5, 5.41) is 8.92. The van der Waals surface area contributed by atoms with E-state index in [0.29, 0.717) is 24.1 Å². The van der Waals surface area contributed by atoms with E-state index in [0.717, 1.165) is 75.8 Å². The molecule has 0 saturated carbocycles. The van der Waals surface area contributed by atoms with Crippen molar-refractivity contribution in [3.63, 3.8) is 0 Å². The maximum atomic E-state index is 12.9. The maximum absolute atomic E-state index is 12.9. The highest BCUT2D eigenvalue weighted by Crippen LogP contribution is 2.37. The second-order valence-electron chi connectivity index (χ2n) is 13.1. The lowest BCUT2D eigenvalue weighted by molar-refractivity contribution is -0.115. The first-order chi connectivity index (χ1) is 24.3. The minimum atomic E-state index is -0.136. The Bertz CT molecular complexity index is 2090. The summed E-state index contributed by atoms with van der Waals surface area (Å²) in [6, 6.07) is 32.4. The van der Waals surface area contributed by atoms with Crippen molar-refractivity contribution in [2.45, 2.75) is 33.1 Å². The van der Waals surface area contributed by atoms with Gasteiger partial charge in [0.1, 0.15) is 0 Å². The van der Waals surface area contributed by atoms with Crippen molar-refractivity contribution in [3.05, 3.63) is 131 Å². The topological polar surface area (TPSA) is 106 Å². The van der Waals surface area contributed by atoms with Crippen LogP contribution in [0.3, 0.4) is 0 Å². The number of aryl methyl sites for hydroxylation is 1. The lowest BCUT2D eigenvalue weighted by Crippen LogP contribution is -2.33. The summed E-state index contributed by atoms with van der Waals surface area (Å²) in [7, 11) is 0. The summed E-state index contributed by atoms with van der Waals surface area (Å²) in [5.41, 5.74) is 11.9. The third-order valence-electron chi connectivity index (χ3n) is 9.66. The van der Waals surface area contributed by atoms with Gasteiger partial charge in [-0.3, -0.25) is 14.4 Å². The molecule has 5 aromatic rings. The molecule has 0 radical (unpaired) electrons. The fourth-order valence-corrected chi connectivity index (χ4v) is 7.00. The van der Waals surface area contributed by atoms with Crippen molar-refractivity contribution in [1.82, 2.24) is 15.2 Å². The monoisotopic (exact) mass is 663 g/mol. The van der Waals surface area contributed by atoms with Gasteiger partial charge in [0.05, 0.1) is 17.6 Å².